The number of nitrogens with one attached hydrogen (secondary N) is 1. The standard InChI is InChI=1S/C17H19ClN2O2S/c1-22-17(21)13-6-8-20(9-7-13)10-15-11-23-16(19-15)12-2-4-14(18)5-3-12/h2-5,11,13H,6-10H2,1H3/p+1. The minimum atomic E-state index is -0.0669. The van der Waals surface area contributed by atoms with Crippen LogP contribution in [-0.4, -0.2) is 31.2 Å². The average Bonchev–Trinajstić information content (AvgIpc) is 3.04. The number of esters is 1. The van der Waals surface area contributed by atoms with Crippen LogP contribution in [0, 0.1) is 5.92 Å². The number of methoxy groups -OCH3 is 1. The molecule has 0 spiro atoms. The van der Waals surface area contributed by atoms with E-state index in [1.165, 1.54) is 12.0 Å². The number of hydrogen-bond acceptors (Lipinski definition) is 4. The van der Waals surface area contributed by atoms with Crippen LogP contribution in [0.25, 0.3) is 10.6 Å². The van der Waals surface area contributed by atoms with Crippen molar-refractivity contribution in [1.29, 1.82) is 0 Å². The molecular formula is C17H20ClN2O2S+. The van der Waals surface area contributed by atoms with Gasteiger partial charge < -0.3 is 9.64 Å². The predicted octanol–water partition coefficient (Wildman–Crippen LogP) is 2.43. The summed E-state index contributed by atoms with van der Waals surface area (Å²) in [6.45, 7) is 2.90. The van der Waals surface area contributed by atoms with E-state index < -0.39 is 0 Å². The fourth-order valence-corrected chi connectivity index (χ4v) is 3.93. The number of nitrogens with zero attached hydrogens (tertiary/aromatic N) is 1. The molecule has 1 aliphatic rings. The van der Waals surface area contributed by atoms with E-state index in [-0.39, 0.29) is 11.9 Å². The number of carbonyl (C=O) groups excluding carboxylic acids is 1. The molecule has 3 rings (SSSR count). The van der Waals surface area contributed by atoms with Crippen LogP contribution in [-0.2, 0) is 16.1 Å². The van der Waals surface area contributed by atoms with Crippen LogP contribution in [0.15, 0.2) is 29.6 Å². The molecule has 4 nitrogen and oxygen atoms in total. The summed E-state index contributed by atoms with van der Waals surface area (Å²) >= 11 is 7.59. The predicted molar refractivity (Wildman–Crippen MR) is 91.7 cm³/mol. The second-order valence-corrected chi connectivity index (χ2v) is 7.17. The van der Waals surface area contributed by atoms with Crippen molar-refractivity contribution in [3.8, 4) is 10.6 Å². The van der Waals surface area contributed by atoms with Gasteiger partial charge in [0.2, 0.25) is 0 Å². The van der Waals surface area contributed by atoms with Crippen molar-refractivity contribution in [2.45, 2.75) is 19.4 Å². The summed E-state index contributed by atoms with van der Waals surface area (Å²) in [5, 5.41) is 3.90. The van der Waals surface area contributed by atoms with Crippen LogP contribution >= 0.6 is 22.9 Å². The normalized spacial score (nSPS) is 21.1. The summed E-state index contributed by atoms with van der Waals surface area (Å²) in [6.07, 6.45) is 1.80. The van der Waals surface area contributed by atoms with E-state index in [1.54, 1.807) is 11.3 Å². The highest BCUT2D eigenvalue weighted by Gasteiger charge is 2.28. The van der Waals surface area contributed by atoms with Gasteiger partial charge in [0.15, 0.2) is 0 Å². The van der Waals surface area contributed by atoms with Crippen molar-refractivity contribution in [1.82, 2.24) is 4.98 Å². The van der Waals surface area contributed by atoms with Gasteiger partial charge in [-0.05, 0) is 12.1 Å². The highest BCUT2D eigenvalue weighted by atomic mass is 35.5. The van der Waals surface area contributed by atoms with E-state index in [9.17, 15) is 4.79 Å². The summed E-state index contributed by atoms with van der Waals surface area (Å²) in [7, 11) is 1.47. The summed E-state index contributed by atoms with van der Waals surface area (Å²) in [4.78, 5) is 17.8. The third-order valence-corrected chi connectivity index (χ3v) is 5.49. The maximum absolute atomic E-state index is 11.6. The fraction of sp³-hybridized carbons (Fsp3) is 0.412. The fourth-order valence-electron chi connectivity index (χ4n) is 2.97. The lowest BCUT2D eigenvalue weighted by molar-refractivity contribution is -0.919. The summed E-state index contributed by atoms with van der Waals surface area (Å²) in [6, 6.07) is 7.78. The molecule has 1 fully saturated rings. The SMILES string of the molecule is COC(=O)C1CC[NH+](Cc2csc(-c3ccc(Cl)cc3)n2)CC1. The van der Waals surface area contributed by atoms with E-state index >= 15 is 0 Å². The summed E-state index contributed by atoms with van der Waals surface area (Å²) in [5.74, 6) is 0.00606. The van der Waals surface area contributed by atoms with Crippen LogP contribution in [0.5, 0.6) is 0 Å². The Bertz CT molecular complexity index is 663. The zero-order valence-corrected chi connectivity index (χ0v) is 14.6. The van der Waals surface area contributed by atoms with Crippen LogP contribution in [0.3, 0.4) is 0 Å². The lowest BCUT2D eigenvalue weighted by Gasteiger charge is -2.27. The molecule has 2 heterocycles. The van der Waals surface area contributed by atoms with Gasteiger partial charge in [0, 0.05) is 28.8 Å². The Morgan fingerprint density at radius 2 is 2.04 bits per heavy atom. The number of halogens is 1. The first-order chi connectivity index (χ1) is 11.2. The maximum atomic E-state index is 11.6. The summed E-state index contributed by atoms with van der Waals surface area (Å²) < 4.78 is 4.84. The van der Waals surface area contributed by atoms with E-state index in [4.69, 9.17) is 21.3 Å². The molecule has 1 aliphatic heterocycles. The number of carbonyl (C=O) groups is 1. The molecule has 0 amide bonds. The van der Waals surface area contributed by atoms with Gasteiger partial charge in [-0.15, -0.1) is 11.3 Å². The number of benzene rings is 1. The number of thiazole rings is 1. The first kappa shape index (κ1) is 16.4. The zero-order chi connectivity index (χ0) is 16.2. The first-order valence-corrected chi connectivity index (χ1v) is 9.03. The third-order valence-electron chi connectivity index (χ3n) is 4.30. The quantitative estimate of drug-likeness (QED) is 0.860. The van der Waals surface area contributed by atoms with Gasteiger partial charge >= 0.3 is 5.97 Å². The van der Waals surface area contributed by atoms with Crippen LogP contribution in [0.1, 0.15) is 18.5 Å². The number of rotatable bonds is 4. The van der Waals surface area contributed by atoms with Gasteiger partial charge in [0.25, 0.3) is 0 Å². The van der Waals surface area contributed by atoms with Crippen molar-refractivity contribution in [3.63, 3.8) is 0 Å². The molecule has 0 unspecified atom stereocenters. The molecule has 122 valence electrons. The Kier molecular flexibility index (Phi) is 5.30. The van der Waals surface area contributed by atoms with Gasteiger partial charge in [-0.2, -0.15) is 0 Å². The van der Waals surface area contributed by atoms with E-state index in [1.807, 2.05) is 24.3 Å². The van der Waals surface area contributed by atoms with Crippen molar-refractivity contribution in [2.24, 2.45) is 5.92 Å². The second kappa shape index (κ2) is 7.43. The Labute approximate surface area is 145 Å². The third kappa shape index (κ3) is 4.10. The van der Waals surface area contributed by atoms with Crippen LogP contribution < -0.4 is 4.90 Å². The van der Waals surface area contributed by atoms with Crippen LogP contribution in [0.2, 0.25) is 5.02 Å². The number of aromatic nitrogens is 1. The Balaban J connectivity index is 1.58. The maximum Gasteiger partial charge on any atom is 0.309 e. The largest absolute Gasteiger partial charge is 0.469 e. The number of quaternary nitrogens is 1. The number of likely N-dealkylation sites (tertiary alicyclic amines) is 1. The van der Waals surface area contributed by atoms with Crippen LogP contribution in [0.4, 0.5) is 0 Å². The monoisotopic (exact) mass is 351 g/mol. The Hall–Kier alpha value is -1.43. The van der Waals surface area contributed by atoms with Crippen molar-refractivity contribution in [2.75, 3.05) is 20.2 Å². The molecule has 23 heavy (non-hydrogen) atoms. The summed E-state index contributed by atoms with van der Waals surface area (Å²) in [5.41, 5.74) is 2.22. The molecule has 0 atom stereocenters. The highest BCUT2D eigenvalue weighted by Crippen LogP contribution is 2.25. The lowest BCUT2D eigenvalue weighted by atomic mass is 9.97. The second-order valence-electron chi connectivity index (χ2n) is 5.88. The molecule has 1 aromatic heterocycles. The topological polar surface area (TPSA) is 43.6 Å². The molecule has 1 N–H and O–H groups in total. The molecule has 6 heteroatoms. The van der Waals surface area contributed by atoms with Gasteiger partial charge in [-0.25, -0.2) is 4.98 Å². The van der Waals surface area contributed by atoms with Gasteiger partial charge in [-0.1, -0.05) is 23.7 Å². The minimum Gasteiger partial charge on any atom is -0.469 e. The van der Waals surface area contributed by atoms with Crippen molar-refractivity contribution in [3.05, 3.63) is 40.4 Å². The molecule has 1 aromatic carbocycles. The Morgan fingerprint density at radius 3 is 2.70 bits per heavy atom. The molecule has 0 radical (unpaired) electrons. The highest BCUT2D eigenvalue weighted by molar-refractivity contribution is 7.13. The van der Waals surface area contributed by atoms with Crippen molar-refractivity contribution < 1.29 is 14.4 Å². The lowest BCUT2D eigenvalue weighted by Crippen LogP contribution is -3.11. The molecule has 1 saturated heterocycles. The zero-order valence-electron chi connectivity index (χ0n) is 13.0. The average molecular weight is 352 g/mol. The molecule has 0 saturated carbocycles. The Morgan fingerprint density at radius 1 is 1.35 bits per heavy atom. The minimum absolute atomic E-state index is 0.0669. The molecule has 2 aromatic rings. The first-order valence-electron chi connectivity index (χ1n) is 7.77. The number of hydrogen-bond donors (Lipinski definition) is 1. The van der Waals surface area contributed by atoms with Gasteiger partial charge in [-0.3, -0.25) is 4.79 Å². The molecular weight excluding hydrogens is 332 g/mol. The molecule has 0 aliphatic carbocycles. The van der Waals surface area contributed by atoms with E-state index in [0.717, 1.165) is 53.8 Å². The number of piperidine rings is 1. The van der Waals surface area contributed by atoms with E-state index in [0.29, 0.717) is 0 Å². The van der Waals surface area contributed by atoms with Crippen molar-refractivity contribution >= 4 is 28.9 Å². The molecule has 0 bridgehead atoms. The van der Waals surface area contributed by atoms with Gasteiger partial charge in [0.1, 0.15) is 17.2 Å². The smallest absolute Gasteiger partial charge is 0.309 e. The number of ether oxygens (including phenoxy) is 1. The van der Waals surface area contributed by atoms with Gasteiger partial charge in [0.05, 0.1) is 26.1 Å². The van der Waals surface area contributed by atoms with E-state index in [2.05, 4.69) is 5.38 Å².